The number of anilines is 1. The molecule has 1 aliphatic rings. The first kappa shape index (κ1) is 17.9. The second-order valence-electron chi connectivity index (χ2n) is 5.23. The quantitative estimate of drug-likeness (QED) is 0.732. The smallest absolute Gasteiger partial charge is 0.340 e. The maximum atomic E-state index is 12.9. The minimum atomic E-state index is -1.32. The van der Waals surface area contributed by atoms with Crippen LogP contribution in [0.1, 0.15) is 6.92 Å². The average molecular weight is 376 g/mol. The molecule has 0 spiro atoms. The lowest BCUT2D eigenvalue weighted by atomic mass is 10.1. The van der Waals surface area contributed by atoms with Crippen LogP contribution in [0.15, 0.2) is 35.6 Å². The molecule has 26 heavy (non-hydrogen) atoms. The number of ether oxygens (including phenoxy) is 3. The van der Waals surface area contributed by atoms with Gasteiger partial charge in [-0.3, -0.25) is 9.69 Å². The summed E-state index contributed by atoms with van der Waals surface area (Å²) in [6.07, 6.45) is 0. The minimum Gasteiger partial charge on any atom is -0.488 e. The summed E-state index contributed by atoms with van der Waals surface area (Å²) in [6, 6.07) is 5.99. The lowest BCUT2D eigenvalue weighted by Crippen LogP contribution is -2.43. The molecule has 0 fully saturated rings. The number of esters is 2. The summed E-state index contributed by atoms with van der Waals surface area (Å²) < 4.78 is 15.7. The van der Waals surface area contributed by atoms with Gasteiger partial charge in [-0.25, -0.2) is 14.6 Å². The van der Waals surface area contributed by atoms with Crippen LogP contribution >= 0.6 is 11.3 Å². The van der Waals surface area contributed by atoms with E-state index in [0.29, 0.717) is 5.52 Å². The first-order chi connectivity index (χ1) is 12.5. The molecule has 136 valence electrons. The SMILES string of the molecule is CCOC1=C(C(=O)OC)C(C(=O)OC)N(c2nc3ccccc3s2)C1=O. The van der Waals surface area contributed by atoms with Gasteiger partial charge in [-0.05, 0) is 19.1 Å². The van der Waals surface area contributed by atoms with Crippen LogP contribution in [0.5, 0.6) is 0 Å². The van der Waals surface area contributed by atoms with Gasteiger partial charge < -0.3 is 14.2 Å². The topological polar surface area (TPSA) is 95.0 Å². The van der Waals surface area contributed by atoms with Gasteiger partial charge in [0.25, 0.3) is 5.91 Å². The van der Waals surface area contributed by atoms with Crippen LogP contribution in [-0.4, -0.2) is 49.7 Å². The van der Waals surface area contributed by atoms with Crippen molar-refractivity contribution in [1.82, 2.24) is 4.98 Å². The van der Waals surface area contributed by atoms with Crippen molar-refractivity contribution in [3.8, 4) is 0 Å². The standard InChI is InChI=1S/C17H16N2O6S/c1-4-25-13-11(15(21)23-2)12(16(22)24-3)19(14(13)20)17-18-9-7-5-6-8-10(9)26-17/h5-8,12H,4H2,1-3H3. The van der Waals surface area contributed by atoms with Gasteiger partial charge in [0.1, 0.15) is 5.57 Å². The van der Waals surface area contributed by atoms with E-state index in [1.54, 1.807) is 13.0 Å². The summed E-state index contributed by atoms with van der Waals surface area (Å²) >= 11 is 1.22. The van der Waals surface area contributed by atoms with Crippen molar-refractivity contribution in [3.05, 3.63) is 35.6 Å². The second kappa shape index (κ2) is 7.12. The van der Waals surface area contributed by atoms with E-state index in [2.05, 4.69) is 4.98 Å². The first-order valence-corrected chi connectivity index (χ1v) is 8.57. The molecule has 1 aliphatic heterocycles. The van der Waals surface area contributed by atoms with Crippen molar-refractivity contribution in [2.24, 2.45) is 0 Å². The predicted molar refractivity (Wildman–Crippen MR) is 93.6 cm³/mol. The van der Waals surface area contributed by atoms with E-state index >= 15 is 0 Å². The van der Waals surface area contributed by atoms with E-state index < -0.39 is 23.9 Å². The maximum Gasteiger partial charge on any atom is 0.340 e. The van der Waals surface area contributed by atoms with Crippen LogP contribution in [0.25, 0.3) is 10.2 Å². The summed E-state index contributed by atoms with van der Waals surface area (Å²) in [5.74, 6) is -2.48. The number of hydrogen-bond donors (Lipinski definition) is 0. The van der Waals surface area contributed by atoms with Crippen molar-refractivity contribution in [2.45, 2.75) is 13.0 Å². The Labute approximate surface area is 153 Å². The fourth-order valence-electron chi connectivity index (χ4n) is 2.69. The largest absolute Gasteiger partial charge is 0.488 e. The number of aromatic nitrogens is 1. The fraction of sp³-hybridized carbons (Fsp3) is 0.294. The predicted octanol–water partition coefficient (Wildman–Crippen LogP) is 1.65. The third-order valence-corrected chi connectivity index (χ3v) is 4.83. The normalized spacial score (nSPS) is 17.0. The molecular weight excluding hydrogens is 360 g/mol. The van der Waals surface area contributed by atoms with Crippen LogP contribution in [0.3, 0.4) is 0 Å². The molecule has 2 heterocycles. The Morgan fingerprint density at radius 3 is 2.58 bits per heavy atom. The zero-order valence-corrected chi connectivity index (χ0v) is 15.2. The zero-order chi connectivity index (χ0) is 18.8. The molecule has 1 atom stereocenters. The third kappa shape index (κ3) is 2.80. The van der Waals surface area contributed by atoms with Gasteiger partial charge in [0.2, 0.25) is 0 Å². The molecule has 1 aromatic heterocycles. The highest BCUT2D eigenvalue weighted by atomic mass is 32.1. The number of amides is 1. The monoisotopic (exact) mass is 376 g/mol. The van der Waals surface area contributed by atoms with Gasteiger partial charge in [0, 0.05) is 0 Å². The Morgan fingerprint density at radius 1 is 1.23 bits per heavy atom. The number of fused-ring (bicyclic) bond motifs is 1. The van der Waals surface area contributed by atoms with Crippen molar-refractivity contribution >= 4 is 44.5 Å². The molecule has 0 aliphatic carbocycles. The lowest BCUT2D eigenvalue weighted by Gasteiger charge is -2.21. The fourth-order valence-corrected chi connectivity index (χ4v) is 3.68. The number of carbonyl (C=O) groups excluding carboxylic acids is 3. The van der Waals surface area contributed by atoms with Gasteiger partial charge in [-0.2, -0.15) is 0 Å². The Bertz CT molecular complexity index is 886. The molecule has 0 bridgehead atoms. The molecule has 1 amide bonds. The Kier molecular flexibility index (Phi) is 4.90. The highest BCUT2D eigenvalue weighted by molar-refractivity contribution is 7.22. The van der Waals surface area contributed by atoms with E-state index in [1.165, 1.54) is 18.4 Å². The van der Waals surface area contributed by atoms with Crippen molar-refractivity contribution < 1.29 is 28.6 Å². The Morgan fingerprint density at radius 2 is 1.96 bits per heavy atom. The van der Waals surface area contributed by atoms with Gasteiger partial charge in [0.05, 0.1) is 31.0 Å². The van der Waals surface area contributed by atoms with Crippen LogP contribution < -0.4 is 4.90 Å². The molecule has 1 unspecified atom stereocenters. The van der Waals surface area contributed by atoms with Crippen molar-refractivity contribution in [3.63, 3.8) is 0 Å². The third-order valence-electron chi connectivity index (χ3n) is 3.80. The Hall–Kier alpha value is -2.94. The zero-order valence-electron chi connectivity index (χ0n) is 14.3. The molecule has 0 radical (unpaired) electrons. The number of para-hydroxylation sites is 1. The molecule has 9 heteroatoms. The molecule has 0 N–H and O–H groups in total. The van der Waals surface area contributed by atoms with Crippen molar-refractivity contribution in [2.75, 3.05) is 25.7 Å². The molecule has 8 nitrogen and oxygen atoms in total. The summed E-state index contributed by atoms with van der Waals surface area (Å²) in [5.41, 5.74) is 0.485. The van der Waals surface area contributed by atoms with Crippen molar-refractivity contribution in [1.29, 1.82) is 0 Å². The van der Waals surface area contributed by atoms with Gasteiger partial charge in [0.15, 0.2) is 16.9 Å². The Balaban J connectivity index is 2.16. The second-order valence-corrected chi connectivity index (χ2v) is 6.24. The summed E-state index contributed by atoms with van der Waals surface area (Å²) in [4.78, 5) is 43.1. The van der Waals surface area contributed by atoms with Crippen LogP contribution in [-0.2, 0) is 28.6 Å². The molecule has 0 saturated carbocycles. The number of thiazole rings is 1. The molecular formula is C17H16N2O6S. The maximum absolute atomic E-state index is 12.9. The molecule has 1 aromatic carbocycles. The summed E-state index contributed by atoms with van der Waals surface area (Å²) in [5, 5.41) is 0.266. The number of hydrogen-bond acceptors (Lipinski definition) is 8. The first-order valence-electron chi connectivity index (χ1n) is 7.75. The van der Waals surface area contributed by atoms with Crippen LogP contribution in [0.4, 0.5) is 5.13 Å². The van der Waals surface area contributed by atoms with E-state index in [1.807, 2.05) is 18.2 Å². The summed E-state index contributed by atoms with van der Waals surface area (Å²) in [7, 11) is 2.34. The number of rotatable bonds is 5. The molecule has 2 aromatic rings. The lowest BCUT2D eigenvalue weighted by molar-refractivity contribution is -0.144. The molecule has 0 saturated heterocycles. The summed E-state index contributed by atoms with van der Waals surface area (Å²) in [6.45, 7) is 1.81. The van der Waals surface area contributed by atoms with E-state index in [4.69, 9.17) is 14.2 Å². The van der Waals surface area contributed by atoms with Gasteiger partial charge >= 0.3 is 11.9 Å². The van der Waals surface area contributed by atoms with Crippen LogP contribution in [0.2, 0.25) is 0 Å². The minimum absolute atomic E-state index is 0.142. The number of benzene rings is 1. The van der Waals surface area contributed by atoms with E-state index in [-0.39, 0.29) is 23.1 Å². The van der Waals surface area contributed by atoms with E-state index in [9.17, 15) is 14.4 Å². The molecule has 3 rings (SSSR count). The van der Waals surface area contributed by atoms with Gasteiger partial charge in [-0.1, -0.05) is 23.5 Å². The number of methoxy groups -OCH3 is 2. The van der Waals surface area contributed by atoms with Gasteiger partial charge in [-0.15, -0.1) is 0 Å². The average Bonchev–Trinajstić information content (AvgIpc) is 3.20. The van der Waals surface area contributed by atoms with E-state index in [0.717, 1.165) is 16.7 Å². The highest BCUT2D eigenvalue weighted by Crippen LogP contribution is 2.37. The number of carbonyl (C=O) groups is 3. The highest BCUT2D eigenvalue weighted by Gasteiger charge is 2.50. The number of nitrogens with zero attached hydrogens (tertiary/aromatic N) is 2. The van der Waals surface area contributed by atoms with Crippen LogP contribution in [0, 0.1) is 0 Å².